The molecule has 10 heteroatoms. The van der Waals surface area contributed by atoms with Crippen LogP contribution in [0.15, 0.2) is 56.5 Å². The van der Waals surface area contributed by atoms with Crippen LogP contribution in [0.3, 0.4) is 0 Å². The summed E-state index contributed by atoms with van der Waals surface area (Å²) >= 11 is 6.37. The number of rotatable bonds is 6. The highest BCUT2D eigenvalue weighted by atomic mass is 79.9. The largest absolute Gasteiger partial charge is 0.340 e. The van der Waals surface area contributed by atoms with Crippen molar-refractivity contribution >= 4 is 55.6 Å². The number of carbonyl (C=O) groups is 2. The van der Waals surface area contributed by atoms with Crippen LogP contribution in [0.2, 0.25) is 0 Å². The Bertz CT molecular complexity index is 918. The van der Waals surface area contributed by atoms with Gasteiger partial charge in [0.05, 0.1) is 21.2 Å². The Morgan fingerprint density at radius 2 is 1.89 bits per heavy atom. The van der Waals surface area contributed by atoms with E-state index in [0.29, 0.717) is 20.1 Å². The second-order valence-corrected chi connectivity index (χ2v) is 7.09. The molecule has 27 heavy (non-hydrogen) atoms. The van der Waals surface area contributed by atoms with E-state index >= 15 is 0 Å². The fraction of sp³-hybridized carbons (Fsp3) is 0.118. The third-order valence-electron chi connectivity index (χ3n) is 3.41. The van der Waals surface area contributed by atoms with Gasteiger partial charge < -0.3 is 5.32 Å². The summed E-state index contributed by atoms with van der Waals surface area (Å²) < 4.78 is 0.960. The van der Waals surface area contributed by atoms with Crippen molar-refractivity contribution in [3.8, 4) is 0 Å². The van der Waals surface area contributed by atoms with E-state index in [1.165, 1.54) is 25.3 Å². The van der Waals surface area contributed by atoms with Crippen molar-refractivity contribution in [1.82, 2.24) is 10.7 Å². The van der Waals surface area contributed by atoms with E-state index in [-0.39, 0.29) is 5.69 Å². The third-order valence-corrected chi connectivity index (χ3v) is 4.78. The van der Waals surface area contributed by atoms with Crippen LogP contribution < -0.4 is 10.7 Å². The number of nitro benzene ring substituents is 1. The van der Waals surface area contributed by atoms with Crippen molar-refractivity contribution in [2.24, 2.45) is 5.10 Å². The minimum absolute atomic E-state index is 0.112. The Labute approximate surface area is 171 Å². The van der Waals surface area contributed by atoms with Gasteiger partial charge in [0.2, 0.25) is 0 Å². The lowest BCUT2D eigenvalue weighted by atomic mass is 10.2. The van der Waals surface area contributed by atoms with Gasteiger partial charge in [0.1, 0.15) is 6.04 Å². The summed E-state index contributed by atoms with van der Waals surface area (Å²) in [5, 5.41) is 17.2. The Hall–Kier alpha value is -2.59. The van der Waals surface area contributed by atoms with Crippen molar-refractivity contribution < 1.29 is 14.5 Å². The minimum atomic E-state index is -0.832. The van der Waals surface area contributed by atoms with Gasteiger partial charge in [-0.15, -0.1) is 0 Å². The van der Waals surface area contributed by atoms with Gasteiger partial charge in [-0.3, -0.25) is 19.7 Å². The number of hydrogen-bond acceptors (Lipinski definition) is 5. The molecule has 2 aromatic carbocycles. The predicted molar refractivity (Wildman–Crippen MR) is 108 cm³/mol. The lowest BCUT2D eigenvalue weighted by molar-refractivity contribution is -0.385. The molecule has 1 unspecified atom stereocenters. The molecule has 0 aliphatic heterocycles. The number of nitrogens with zero attached hydrogens (tertiary/aromatic N) is 2. The van der Waals surface area contributed by atoms with Crippen molar-refractivity contribution in [3.05, 3.63) is 72.7 Å². The zero-order chi connectivity index (χ0) is 20.0. The standard InChI is InChI=1S/C17H14Br2N4O4/c1-10(21-17(25)12-4-2-3-5-13(12)18)16(24)22-20-9-11-6-7-14(19)15(8-11)23(26)27/h2-10H,1H3,(H,21,25)(H,22,24). The van der Waals surface area contributed by atoms with E-state index in [9.17, 15) is 19.7 Å². The molecule has 0 heterocycles. The third kappa shape index (κ3) is 5.69. The highest BCUT2D eigenvalue weighted by Crippen LogP contribution is 2.24. The Morgan fingerprint density at radius 1 is 1.19 bits per heavy atom. The molecule has 0 saturated carbocycles. The maximum atomic E-state index is 12.2. The van der Waals surface area contributed by atoms with Crippen LogP contribution in [0.4, 0.5) is 5.69 Å². The van der Waals surface area contributed by atoms with Crippen LogP contribution in [-0.2, 0) is 4.79 Å². The molecule has 2 amide bonds. The first-order valence-electron chi connectivity index (χ1n) is 7.62. The van der Waals surface area contributed by atoms with Gasteiger partial charge in [0, 0.05) is 16.1 Å². The molecule has 2 aromatic rings. The average molecular weight is 498 g/mol. The summed E-state index contributed by atoms with van der Waals surface area (Å²) in [7, 11) is 0. The van der Waals surface area contributed by atoms with E-state index in [1.807, 2.05) is 0 Å². The molecule has 0 spiro atoms. The summed E-state index contributed by atoms with van der Waals surface area (Å²) in [6.07, 6.45) is 1.28. The number of nitrogens with one attached hydrogen (secondary N) is 2. The zero-order valence-electron chi connectivity index (χ0n) is 14.0. The minimum Gasteiger partial charge on any atom is -0.340 e. The molecule has 2 rings (SSSR count). The highest BCUT2D eigenvalue weighted by molar-refractivity contribution is 9.10. The van der Waals surface area contributed by atoms with Crippen LogP contribution in [0, 0.1) is 10.1 Å². The molecule has 0 saturated heterocycles. The van der Waals surface area contributed by atoms with Crippen LogP contribution in [0.25, 0.3) is 0 Å². The fourth-order valence-corrected chi connectivity index (χ4v) is 2.86. The monoisotopic (exact) mass is 496 g/mol. The second kappa shape index (κ2) is 9.38. The zero-order valence-corrected chi connectivity index (χ0v) is 17.2. The van der Waals surface area contributed by atoms with Gasteiger partial charge in [0.25, 0.3) is 17.5 Å². The van der Waals surface area contributed by atoms with E-state index in [1.54, 1.807) is 30.3 Å². The lowest BCUT2D eigenvalue weighted by Gasteiger charge is -2.12. The van der Waals surface area contributed by atoms with Gasteiger partial charge in [-0.25, -0.2) is 5.43 Å². The predicted octanol–water partition coefficient (Wildman–Crippen LogP) is 3.39. The molecule has 0 fully saturated rings. The smallest absolute Gasteiger partial charge is 0.284 e. The quantitative estimate of drug-likeness (QED) is 0.361. The molecular formula is C17H14Br2N4O4. The number of amides is 2. The molecule has 1 atom stereocenters. The maximum absolute atomic E-state index is 12.2. The molecule has 2 N–H and O–H groups in total. The molecule has 0 radical (unpaired) electrons. The number of benzene rings is 2. The summed E-state index contributed by atoms with van der Waals surface area (Å²) in [5.41, 5.74) is 3.02. The fourth-order valence-electron chi connectivity index (χ4n) is 2.00. The number of carbonyl (C=O) groups excluding carboxylic acids is 2. The summed E-state index contributed by atoms with van der Waals surface area (Å²) in [5.74, 6) is -0.934. The maximum Gasteiger partial charge on any atom is 0.284 e. The molecule has 0 aliphatic rings. The topological polar surface area (TPSA) is 114 Å². The van der Waals surface area contributed by atoms with Gasteiger partial charge >= 0.3 is 0 Å². The first kappa shape index (κ1) is 20.7. The number of nitro groups is 1. The first-order chi connectivity index (χ1) is 12.8. The SMILES string of the molecule is CC(NC(=O)c1ccccc1Br)C(=O)NN=Cc1ccc(Br)c([N+](=O)[O-])c1. The van der Waals surface area contributed by atoms with Gasteiger partial charge in [-0.1, -0.05) is 18.2 Å². The van der Waals surface area contributed by atoms with Gasteiger partial charge in [-0.2, -0.15) is 5.10 Å². The average Bonchev–Trinajstić information content (AvgIpc) is 2.62. The van der Waals surface area contributed by atoms with Crippen molar-refractivity contribution in [2.45, 2.75) is 13.0 Å². The van der Waals surface area contributed by atoms with Crippen molar-refractivity contribution in [2.75, 3.05) is 0 Å². The highest BCUT2D eigenvalue weighted by Gasteiger charge is 2.17. The van der Waals surface area contributed by atoms with Crippen LogP contribution in [0.5, 0.6) is 0 Å². The van der Waals surface area contributed by atoms with Gasteiger partial charge in [-0.05, 0) is 57.0 Å². The van der Waals surface area contributed by atoms with Crippen LogP contribution in [-0.4, -0.2) is 29.0 Å². The van der Waals surface area contributed by atoms with Crippen molar-refractivity contribution in [3.63, 3.8) is 0 Å². The van der Waals surface area contributed by atoms with E-state index in [0.717, 1.165) is 0 Å². The molecule has 8 nitrogen and oxygen atoms in total. The van der Waals surface area contributed by atoms with Crippen LogP contribution >= 0.6 is 31.9 Å². The molecule has 0 aliphatic carbocycles. The number of hydrogen-bond donors (Lipinski definition) is 2. The lowest BCUT2D eigenvalue weighted by Crippen LogP contribution is -2.43. The number of hydrazone groups is 1. The molecule has 0 bridgehead atoms. The normalized spacial score (nSPS) is 11.8. The van der Waals surface area contributed by atoms with E-state index < -0.39 is 22.8 Å². The molecule has 0 aromatic heterocycles. The first-order valence-corrected chi connectivity index (χ1v) is 9.20. The van der Waals surface area contributed by atoms with E-state index in [4.69, 9.17) is 0 Å². The molecular weight excluding hydrogens is 484 g/mol. The van der Waals surface area contributed by atoms with Crippen LogP contribution in [0.1, 0.15) is 22.8 Å². The number of halogens is 2. The Balaban J connectivity index is 1.96. The summed E-state index contributed by atoms with van der Waals surface area (Å²) in [6, 6.07) is 10.4. The Morgan fingerprint density at radius 3 is 2.56 bits per heavy atom. The molecule has 140 valence electrons. The van der Waals surface area contributed by atoms with Gasteiger partial charge in [0.15, 0.2) is 0 Å². The second-order valence-electron chi connectivity index (χ2n) is 5.38. The summed E-state index contributed by atoms with van der Waals surface area (Å²) in [6.45, 7) is 1.52. The van der Waals surface area contributed by atoms with E-state index in [2.05, 4.69) is 47.7 Å². The summed E-state index contributed by atoms with van der Waals surface area (Å²) in [4.78, 5) is 34.6. The van der Waals surface area contributed by atoms with Crippen molar-refractivity contribution in [1.29, 1.82) is 0 Å². The Kier molecular flexibility index (Phi) is 7.19.